The molecule has 1 amide bonds. The van der Waals surface area contributed by atoms with Crippen LogP contribution in [0.5, 0.6) is 0 Å². The van der Waals surface area contributed by atoms with E-state index in [1.165, 1.54) is 32.1 Å². The second kappa shape index (κ2) is 5.08. The number of nitrogens with zero attached hydrogens (tertiary/aromatic N) is 1. The molecule has 0 radical (unpaired) electrons. The quantitative estimate of drug-likeness (QED) is 0.827. The average Bonchev–Trinajstić information content (AvgIpc) is 2.98. The number of carbonyl (C=O) groups excluding carboxylic acids is 1. The van der Waals surface area contributed by atoms with Gasteiger partial charge in [-0.3, -0.25) is 10.1 Å². The fourth-order valence-corrected chi connectivity index (χ4v) is 4.12. The lowest BCUT2D eigenvalue weighted by Crippen LogP contribution is -2.45. The van der Waals surface area contributed by atoms with E-state index in [0.717, 1.165) is 31.6 Å². The highest BCUT2D eigenvalue weighted by Gasteiger charge is 2.53. The maximum atomic E-state index is 12.9. The Kier molecular flexibility index (Phi) is 3.59. The van der Waals surface area contributed by atoms with E-state index in [1.54, 1.807) is 0 Å². The highest BCUT2D eigenvalue weighted by Crippen LogP contribution is 2.41. The first-order valence-corrected chi connectivity index (χ1v) is 8.27. The predicted molar refractivity (Wildman–Crippen MR) is 76.7 cm³/mol. The lowest BCUT2D eigenvalue weighted by atomic mass is 9.97. The Balaban J connectivity index is 1.75. The van der Waals surface area contributed by atoms with Crippen LogP contribution in [-0.4, -0.2) is 28.6 Å². The van der Waals surface area contributed by atoms with Gasteiger partial charge in [0.05, 0.1) is 11.7 Å². The van der Waals surface area contributed by atoms with Gasteiger partial charge in [-0.15, -0.1) is 0 Å². The molecule has 19 heavy (non-hydrogen) atoms. The molecule has 0 aromatic carbocycles. The maximum absolute atomic E-state index is 12.9. The normalized spacial score (nSPS) is 31.4. The van der Waals surface area contributed by atoms with E-state index >= 15 is 0 Å². The molecule has 3 nitrogen and oxygen atoms in total. The second-order valence-corrected chi connectivity index (χ2v) is 6.98. The number of amides is 1. The summed E-state index contributed by atoms with van der Waals surface area (Å²) in [5.41, 5.74) is -0.183. The fraction of sp³-hybridized carbons (Fsp3) is 0.938. The first kappa shape index (κ1) is 13.4. The highest BCUT2D eigenvalue weighted by molar-refractivity contribution is 5.89. The van der Waals surface area contributed by atoms with Gasteiger partial charge in [0, 0.05) is 6.04 Å². The number of nitrogens with one attached hydrogen (secondary N) is 1. The summed E-state index contributed by atoms with van der Waals surface area (Å²) in [6, 6.07) is 0.420. The monoisotopic (exact) mass is 264 g/mol. The molecule has 2 saturated carbocycles. The zero-order valence-corrected chi connectivity index (χ0v) is 12.5. The topological polar surface area (TPSA) is 32.3 Å². The van der Waals surface area contributed by atoms with Crippen molar-refractivity contribution in [2.45, 2.75) is 89.4 Å². The van der Waals surface area contributed by atoms with E-state index in [9.17, 15) is 4.79 Å². The summed E-state index contributed by atoms with van der Waals surface area (Å²) in [6.45, 7) is 4.48. The first-order chi connectivity index (χ1) is 9.16. The van der Waals surface area contributed by atoms with Crippen molar-refractivity contribution in [3.05, 3.63) is 0 Å². The van der Waals surface area contributed by atoms with Crippen molar-refractivity contribution in [2.75, 3.05) is 0 Å². The maximum Gasteiger partial charge on any atom is 0.244 e. The third kappa shape index (κ3) is 2.42. The van der Waals surface area contributed by atoms with Gasteiger partial charge in [-0.05, 0) is 38.5 Å². The van der Waals surface area contributed by atoms with E-state index in [0.29, 0.717) is 18.1 Å². The van der Waals surface area contributed by atoms with Gasteiger partial charge in [-0.1, -0.05) is 39.0 Å². The number of rotatable bonds is 5. The molecule has 3 rings (SSSR count). The van der Waals surface area contributed by atoms with Crippen molar-refractivity contribution in [1.82, 2.24) is 10.2 Å². The molecule has 2 unspecified atom stereocenters. The molecule has 3 fully saturated rings. The van der Waals surface area contributed by atoms with Gasteiger partial charge in [0.15, 0.2) is 0 Å². The summed E-state index contributed by atoms with van der Waals surface area (Å²) in [7, 11) is 0. The third-order valence-corrected chi connectivity index (χ3v) is 5.29. The van der Waals surface area contributed by atoms with E-state index in [2.05, 4.69) is 24.1 Å². The zero-order valence-electron chi connectivity index (χ0n) is 12.5. The summed E-state index contributed by atoms with van der Waals surface area (Å²) in [5, 5.41) is 3.72. The molecule has 1 aliphatic heterocycles. The third-order valence-electron chi connectivity index (χ3n) is 5.29. The summed E-state index contributed by atoms with van der Waals surface area (Å²) in [5.74, 6) is 1.31. The molecular weight excluding hydrogens is 236 g/mol. The van der Waals surface area contributed by atoms with Crippen LogP contribution in [0.1, 0.15) is 71.6 Å². The van der Waals surface area contributed by atoms with Crippen LogP contribution in [0.2, 0.25) is 0 Å². The van der Waals surface area contributed by atoms with Crippen LogP contribution < -0.4 is 5.32 Å². The SMILES string of the molecule is CCCC1NC2(CCCC2)C(=O)N1C(C)CC1CC1. The average molecular weight is 264 g/mol. The van der Waals surface area contributed by atoms with E-state index < -0.39 is 0 Å². The Morgan fingerprint density at radius 3 is 2.63 bits per heavy atom. The van der Waals surface area contributed by atoms with Gasteiger partial charge in [0.2, 0.25) is 5.91 Å². The standard InChI is InChI=1S/C16H28N2O/c1-3-6-14-17-16(9-4-5-10-16)15(19)18(14)12(2)11-13-7-8-13/h12-14,17H,3-11H2,1-2H3. The second-order valence-electron chi connectivity index (χ2n) is 6.98. The Bertz CT molecular complexity index is 345. The molecule has 2 atom stereocenters. The first-order valence-electron chi connectivity index (χ1n) is 8.27. The van der Waals surface area contributed by atoms with Gasteiger partial charge in [0.1, 0.15) is 0 Å². The molecule has 1 spiro atoms. The number of hydrogen-bond donors (Lipinski definition) is 1. The summed E-state index contributed by atoms with van der Waals surface area (Å²) in [4.78, 5) is 15.1. The van der Waals surface area contributed by atoms with Crippen LogP contribution in [0.15, 0.2) is 0 Å². The van der Waals surface area contributed by atoms with Crippen molar-refractivity contribution in [3.63, 3.8) is 0 Å². The lowest BCUT2D eigenvalue weighted by Gasteiger charge is -2.30. The van der Waals surface area contributed by atoms with Gasteiger partial charge >= 0.3 is 0 Å². The van der Waals surface area contributed by atoms with E-state index in [1.807, 2.05) is 0 Å². The summed E-state index contributed by atoms with van der Waals surface area (Å²) < 4.78 is 0. The van der Waals surface area contributed by atoms with Crippen LogP contribution in [-0.2, 0) is 4.79 Å². The fourth-order valence-electron chi connectivity index (χ4n) is 4.12. The number of carbonyl (C=O) groups is 1. The van der Waals surface area contributed by atoms with Crippen molar-refractivity contribution in [3.8, 4) is 0 Å². The Hall–Kier alpha value is -0.570. The summed E-state index contributed by atoms with van der Waals surface area (Å²) >= 11 is 0. The van der Waals surface area contributed by atoms with E-state index in [4.69, 9.17) is 0 Å². The van der Waals surface area contributed by atoms with E-state index in [-0.39, 0.29) is 5.54 Å². The minimum Gasteiger partial charge on any atom is -0.323 e. The lowest BCUT2D eigenvalue weighted by molar-refractivity contribution is -0.135. The molecule has 0 bridgehead atoms. The molecule has 3 aliphatic rings. The largest absolute Gasteiger partial charge is 0.323 e. The Morgan fingerprint density at radius 2 is 2.05 bits per heavy atom. The molecule has 1 N–H and O–H groups in total. The van der Waals surface area contributed by atoms with Crippen LogP contribution in [0, 0.1) is 5.92 Å². The Labute approximate surface area is 117 Å². The molecule has 0 aromatic heterocycles. The van der Waals surface area contributed by atoms with Crippen molar-refractivity contribution < 1.29 is 4.79 Å². The van der Waals surface area contributed by atoms with Gasteiger partial charge in [-0.25, -0.2) is 0 Å². The highest BCUT2D eigenvalue weighted by atomic mass is 16.2. The molecule has 2 aliphatic carbocycles. The minimum atomic E-state index is -0.183. The minimum absolute atomic E-state index is 0.183. The van der Waals surface area contributed by atoms with Crippen LogP contribution in [0.3, 0.4) is 0 Å². The van der Waals surface area contributed by atoms with Gasteiger partial charge in [-0.2, -0.15) is 0 Å². The molecular formula is C16H28N2O. The van der Waals surface area contributed by atoms with Gasteiger partial charge < -0.3 is 4.90 Å². The molecule has 3 heteroatoms. The molecule has 0 aromatic rings. The molecule has 108 valence electrons. The zero-order chi connectivity index (χ0) is 13.5. The Morgan fingerprint density at radius 1 is 1.37 bits per heavy atom. The van der Waals surface area contributed by atoms with Crippen LogP contribution in [0.4, 0.5) is 0 Å². The van der Waals surface area contributed by atoms with Gasteiger partial charge in [0.25, 0.3) is 0 Å². The molecule has 1 saturated heterocycles. The predicted octanol–water partition coefficient (Wildman–Crippen LogP) is 3.05. The van der Waals surface area contributed by atoms with Crippen molar-refractivity contribution in [2.24, 2.45) is 5.92 Å². The molecule has 1 heterocycles. The van der Waals surface area contributed by atoms with Crippen LogP contribution in [0.25, 0.3) is 0 Å². The number of hydrogen-bond acceptors (Lipinski definition) is 2. The van der Waals surface area contributed by atoms with Crippen molar-refractivity contribution in [1.29, 1.82) is 0 Å². The van der Waals surface area contributed by atoms with Crippen LogP contribution >= 0.6 is 0 Å². The summed E-state index contributed by atoms with van der Waals surface area (Å²) in [6.07, 6.45) is 11.0. The van der Waals surface area contributed by atoms with Crippen molar-refractivity contribution >= 4 is 5.91 Å². The smallest absolute Gasteiger partial charge is 0.244 e.